The van der Waals surface area contributed by atoms with Gasteiger partial charge in [0.05, 0.1) is 33.6 Å². The Morgan fingerprint density at radius 3 is 2.32 bits per heavy atom. The van der Waals surface area contributed by atoms with Crippen LogP contribution < -0.4 is 24.3 Å². The first kappa shape index (κ1) is 22.2. The second-order valence-corrected chi connectivity index (χ2v) is 7.13. The van der Waals surface area contributed by atoms with Crippen molar-refractivity contribution in [2.75, 3.05) is 33.3 Å². The maximum absolute atomic E-state index is 12.3. The number of nitrogens with zero attached hydrogens (tertiary/aromatic N) is 1. The third-order valence-corrected chi connectivity index (χ3v) is 5.07. The number of hydrogen-bond acceptors (Lipinski definition) is 7. The zero-order valence-corrected chi connectivity index (χ0v) is 18.6. The first-order chi connectivity index (χ1) is 15.1. The Hall–Kier alpha value is -3.52. The number of carbonyl (C=O) groups is 1. The maximum atomic E-state index is 12.3. The molecule has 0 saturated heterocycles. The molecule has 1 aromatic heterocycles. The molecule has 3 aromatic rings. The third kappa shape index (κ3) is 5.55. The Kier molecular flexibility index (Phi) is 7.50. The van der Waals surface area contributed by atoms with Crippen LogP contribution in [-0.2, 0) is 4.79 Å². The highest BCUT2D eigenvalue weighted by atomic mass is 32.1. The number of carbonyl (C=O) groups excluding carboxylic acids is 1. The molecule has 1 heterocycles. The number of anilines is 1. The van der Waals surface area contributed by atoms with E-state index in [0.717, 1.165) is 22.6 Å². The highest BCUT2D eigenvalue weighted by molar-refractivity contribution is 7.14. The van der Waals surface area contributed by atoms with Gasteiger partial charge in [-0.2, -0.15) is 0 Å². The lowest BCUT2D eigenvalue weighted by Gasteiger charge is -2.12. The molecule has 0 bridgehead atoms. The van der Waals surface area contributed by atoms with E-state index in [0.29, 0.717) is 29.0 Å². The van der Waals surface area contributed by atoms with Gasteiger partial charge >= 0.3 is 0 Å². The second kappa shape index (κ2) is 10.5. The van der Waals surface area contributed by atoms with E-state index in [1.54, 1.807) is 39.5 Å². The summed E-state index contributed by atoms with van der Waals surface area (Å²) in [5.74, 6) is 2.05. The fraction of sp³-hybridized carbons (Fsp3) is 0.217. The van der Waals surface area contributed by atoms with Crippen molar-refractivity contribution in [2.45, 2.75) is 6.92 Å². The van der Waals surface area contributed by atoms with Gasteiger partial charge in [0, 0.05) is 17.0 Å². The molecular formula is C23H24N2O5S. The molecule has 0 aliphatic rings. The molecule has 1 amide bonds. The van der Waals surface area contributed by atoms with Crippen LogP contribution >= 0.6 is 11.3 Å². The Bertz CT molecular complexity index is 1040. The van der Waals surface area contributed by atoms with Gasteiger partial charge in [-0.25, -0.2) is 4.98 Å². The number of benzene rings is 2. The zero-order valence-electron chi connectivity index (χ0n) is 17.8. The topological polar surface area (TPSA) is 78.9 Å². The van der Waals surface area contributed by atoms with Crippen LogP contribution in [0.25, 0.3) is 17.3 Å². The number of ether oxygens (including phenoxy) is 4. The summed E-state index contributed by atoms with van der Waals surface area (Å²) in [6.45, 7) is 2.56. The van der Waals surface area contributed by atoms with Crippen LogP contribution in [0.1, 0.15) is 12.5 Å². The minimum atomic E-state index is -0.290. The van der Waals surface area contributed by atoms with Crippen molar-refractivity contribution in [1.82, 2.24) is 4.98 Å². The van der Waals surface area contributed by atoms with Crippen molar-refractivity contribution in [3.05, 3.63) is 53.4 Å². The highest BCUT2D eigenvalue weighted by Gasteiger charge is 2.12. The Morgan fingerprint density at radius 1 is 1.06 bits per heavy atom. The predicted octanol–water partition coefficient (Wildman–Crippen LogP) is 4.89. The van der Waals surface area contributed by atoms with Gasteiger partial charge in [-0.15, -0.1) is 11.3 Å². The van der Waals surface area contributed by atoms with Crippen LogP contribution in [0.15, 0.2) is 47.9 Å². The van der Waals surface area contributed by atoms with Crippen LogP contribution in [0.4, 0.5) is 5.13 Å². The fourth-order valence-corrected chi connectivity index (χ4v) is 3.59. The minimum Gasteiger partial charge on any atom is -0.494 e. The molecule has 0 spiro atoms. The summed E-state index contributed by atoms with van der Waals surface area (Å²) < 4.78 is 21.4. The molecule has 0 saturated carbocycles. The van der Waals surface area contributed by atoms with Crippen molar-refractivity contribution in [2.24, 2.45) is 0 Å². The zero-order chi connectivity index (χ0) is 22.2. The van der Waals surface area contributed by atoms with Crippen molar-refractivity contribution in [3.63, 3.8) is 0 Å². The molecule has 0 radical (unpaired) electrons. The van der Waals surface area contributed by atoms with E-state index >= 15 is 0 Å². The van der Waals surface area contributed by atoms with E-state index in [2.05, 4.69) is 10.3 Å². The fourth-order valence-electron chi connectivity index (χ4n) is 2.87. The van der Waals surface area contributed by atoms with Crippen molar-refractivity contribution in [3.8, 4) is 34.3 Å². The molecule has 7 nitrogen and oxygen atoms in total. The van der Waals surface area contributed by atoms with Crippen molar-refractivity contribution < 1.29 is 23.7 Å². The lowest BCUT2D eigenvalue weighted by molar-refractivity contribution is -0.111. The number of amides is 1. The number of nitrogens with one attached hydrogen (secondary N) is 1. The first-order valence-corrected chi connectivity index (χ1v) is 10.4. The van der Waals surface area contributed by atoms with Crippen LogP contribution in [0, 0.1) is 0 Å². The summed E-state index contributed by atoms with van der Waals surface area (Å²) >= 11 is 1.36. The lowest BCUT2D eigenvalue weighted by Crippen LogP contribution is -2.07. The normalized spacial score (nSPS) is 10.7. The van der Waals surface area contributed by atoms with E-state index in [-0.39, 0.29) is 5.91 Å². The molecular weight excluding hydrogens is 416 g/mol. The molecule has 0 aliphatic heterocycles. The van der Waals surface area contributed by atoms with Crippen LogP contribution in [0.2, 0.25) is 0 Å². The summed E-state index contributed by atoms with van der Waals surface area (Å²) in [6.07, 6.45) is 3.10. The van der Waals surface area contributed by atoms with Crippen molar-refractivity contribution >= 4 is 28.5 Å². The highest BCUT2D eigenvalue weighted by Crippen LogP contribution is 2.38. The third-order valence-electron chi connectivity index (χ3n) is 4.31. The summed E-state index contributed by atoms with van der Waals surface area (Å²) in [7, 11) is 4.63. The lowest BCUT2D eigenvalue weighted by atomic mass is 10.1. The van der Waals surface area contributed by atoms with E-state index in [1.807, 2.05) is 36.6 Å². The average molecular weight is 441 g/mol. The Balaban J connectivity index is 1.68. The number of rotatable bonds is 9. The number of thiazole rings is 1. The monoisotopic (exact) mass is 440 g/mol. The number of hydrogen-bond donors (Lipinski definition) is 1. The summed E-state index contributed by atoms with van der Waals surface area (Å²) in [6, 6.07) is 11.2. The van der Waals surface area contributed by atoms with Crippen molar-refractivity contribution in [1.29, 1.82) is 0 Å². The van der Waals surface area contributed by atoms with Gasteiger partial charge in [-0.3, -0.25) is 10.1 Å². The molecule has 1 N–H and O–H groups in total. The smallest absolute Gasteiger partial charge is 0.250 e. The molecule has 0 unspecified atom stereocenters. The largest absolute Gasteiger partial charge is 0.494 e. The van der Waals surface area contributed by atoms with Crippen LogP contribution in [0.3, 0.4) is 0 Å². The molecule has 2 aromatic carbocycles. The number of aromatic nitrogens is 1. The van der Waals surface area contributed by atoms with Gasteiger partial charge in [0.1, 0.15) is 5.75 Å². The molecule has 162 valence electrons. The minimum absolute atomic E-state index is 0.290. The molecule has 0 fully saturated rings. The van der Waals surface area contributed by atoms with Gasteiger partial charge in [-0.1, -0.05) is 0 Å². The van der Waals surface area contributed by atoms with E-state index in [4.69, 9.17) is 18.9 Å². The first-order valence-electron chi connectivity index (χ1n) is 9.55. The summed E-state index contributed by atoms with van der Waals surface area (Å²) in [5, 5.41) is 5.20. The molecule has 0 atom stereocenters. The molecule has 3 rings (SSSR count). The Labute approximate surface area is 185 Å². The van der Waals surface area contributed by atoms with E-state index in [1.165, 1.54) is 17.4 Å². The summed E-state index contributed by atoms with van der Waals surface area (Å²) in [4.78, 5) is 16.8. The van der Waals surface area contributed by atoms with Gasteiger partial charge in [-0.05, 0) is 55.0 Å². The van der Waals surface area contributed by atoms with Gasteiger partial charge in [0.25, 0.3) is 0 Å². The van der Waals surface area contributed by atoms with Crippen LogP contribution in [-0.4, -0.2) is 38.8 Å². The quantitative estimate of drug-likeness (QED) is 0.478. The Morgan fingerprint density at radius 2 is 1.74 bits per heavy atom. The average Bonchev–Trinajstić information content (AvgIpc) is 3.25. The van der Waals surface area contributed by atoms with Crippen LogP contribution in [0.5, 0.6) is 23.0 Å². The predicted molar refractivity (Wildman–Crippen MR) is 122 cm³/mol. The molecule has 31 heavy (non-hydrogen) atoms. The van der Waals surface area contributed by atoms with Gasteiger partial charge in [0.2, 0.25) is 11.7 Å². The second-order valence-electron chi connectivity index (χ2n) is 6.28. The van der Waals surface area contributed by atoms with Gasteiger partial charge < -0.3 is 18.9 Å². The molecule has 0 aliphatic carbocycles. The van der Waals surface area contributed by atoms with E-state index < -0.39 is 0 Å². The standard InChI is InChI=1S/C23H24N2O5S/c1-5-30-17-9-7-16(8-10-17)18-14-31-23(24-18)25-21(26)11-6-15-12-19(27-2)22(29-4)20(13-15)28-3/h6-14H,5H2,1-4H3,(H,24,25,26)/b11-6+. The molecule has 8 heteroatoms. The van der Waals surface area contributed by atoms with Gasteiger partial charge in [0.15, 0.2) is 16.6 Å². The SMILES string of the molecule is CCOc1ccc(-c2csc(NC(=O)/C=C/c3cc(OC)c(OC)c(OC)c3)n2)cc1. The van der Waals surface area contributed by atoms with E-state index in [9.17, 15) is 4.79 Å². The summed E-state index contributed by atoms with van der Waals surface area (Å²) in [5.41, 5.74) is 2.48. The maximum Gasteiger partial charge on any atom is 0.250 e. The number of methoxy groups -OCH3 is 3.